The molecule has 5 heteroatoms. The highest BCUT2D eigenvalue weighted by Crippen LogP contribution is 2.28. The fourth-order valence-electron chi connectivity index (χ4n) is 1.96. The molecular weight excluding hydrogens is 252 g/mol. The van der Waals surface area contributed by atoms with Gasteiger partial charge in [-0.2, -0.15) is 4.98 Å². The van der Waals surface area contributed by atoms with E-state index in [1.165, 1.54) is 0 Å². The number of aromatic nitrogens is 2. The average Bonchev–Trinajstić information content (AvgIpc) is 2.48. The summed E-state index contributed by atoms with van der Waals surface area (Å²) in [7, 11) is 0. The zero-order valence-corrected chi connectivity index (χ0v) is 11.0. The van der Waals surface area contributed by atoms with Crippen molar-refractivity contribution in [3.8, 4) is 11.6 Å². The molecule has 20 heavy (non-hydrogen) atoms. The molecule has 3 N–H and O–H groups in total. The number of hydrogen-bond acceptors (Lipinski definition) is 5. The Bertz CT molecular complexity index is 758. The minimum atomic E-state index is 0.469. The van der Waals surface area contributed by atoms with E-state index in [4.69, 9.17) is 10.6 Å². The fourth-order valence-corrected chi connectivity index (χ4v) is 1.96. The molecule has 3 rings (SSSR count). The maximum Gasteiger partial charge on any atom is 0.221 e. The van der Waals surface area contributed by atoms with Crippen LogP contribution in [0.15, 0.2) is 48.5 Å². The summed E-state index contributed by atoms with van der Waals surface area (Å²) < 4.78 is 5.82. The van der Waals surface area contributed by atoms with Crippen molar-refractivity contribution in [1.29, 1.82) is 0 Å². The van der Waals surface area contributed by atoms with Crippen LogP contribution in [0.5, 0.6) is 11.6 Å². The number of nitrogen functional groups attached to an aromatic ring is 1. The molecule has 100 valence electrons. The molecule has 0 saturated heterocycles. The molecule has 0 radical (unpaired) electrons. The normalized spacial score (nSPS) is 10.5. The lowest BCUT2D eigenvalue weighted by Crippen LogP contribution is -2.08. The fraction of sp³-hybridized carbons (Fsp3) is 0.0667. The lowest BCUT2D eigenvalue weighted by molar-refractivity contribution is 0.468. The number of anilines is 1. The minimum absolute atomic E-state index is 0.469. The highest BCUT2D eigenvalue weighted by Gasteiger charge is 2.06. The largest absolute Gasteiger partial charge is 0.437 e. The first-order chi connectivity index (χ1) is 9.76. The number of aryl methyl sites for hydroxylation is 1. The summed E-state index contributed by atoms with van der Waals surface area (Å²) in [4.78, 5) is 8.75. The van der Waals surface area contributed by atoms with Crippen LogP contribution in [-0.4, -0.2) is 9.97 Å². The number of ether oxygens (including phenoxy) is 1. The lowest BCUT2D eigenvalue weighted by atomic mass is 10.2. The predicted octanol–water partition coefficient (Wildman–Crippen LogP) is 3.02. The number of para-hydroxylation sites is 1. The van der Waals surface area contributed by atoms with Gasteiger partial charge in [0.2, 0.25) is 5.88 Å². The molecule has 0 unspecified atom stereocenters. The number of pyridine rings is 2. The van der Waals surface area contributed by atoms with Gasteiger partial charge in [0.05, 0.1) is 0 Å². The summed E-state index contributed by atoms with van der Waals surface area (Å²) in [6, 6.07) is 15.2. The van der Waals surface area contributed by atoms with Crippen LogP contribution in [0.1, 0.15) is 5.69 Å². The second kappa shape index (κ2) is 5.14. The second-order valence-corrected chi connectivity index (χ2v) is 4.39. The molecule has 0 atom stereocenters. The van der Waals surface area contributed by atoms with Gasteiger partial charge in [0.1, 0.15) is 11.3 Å². The van der Waals surface area contributed by atoms with Crippen LogP contribution in [0.4, 0.5) is 5.82 Å². The van der Waals surface area contributed by atoms with Gasteiger partial charge in [-0.3, -0.25) is 0 Å². The molecule has 2 aromatic heterocycles. The lowest BCUT2D eigenvalue weighted by Gasteiger charge is -2.09. The van der Waals surface area contributed by atoms with Crippen LogP contribution in [-0.2, 0) is 0 Å². The summed E-state index contributed by atoms with van der Waals surface area (Å²) in [5.41, 5.74) is 4.26. The minimum Gasteiger partial charge on any atom is -0.437 e. The number of hydrogen-bond donors (Lipinski definition) is 2. The molecule has 0 amide bonds. The van der Waals surface area contributed by atoms with E-state index in [1.54, 1.807) is 12.1 Å². The second-order valence-electron chi connectivity index (χ2n) is 4.39. The van der Waals surface area contributed by atoms with Gasteiger partial charge in [-0.25, -0.2) is 10.8 Å². The van der Waals surface area contributed by atoms with Gasteiger partial charge >= 0.3 is 0 Å². The van der Waals surface area contributed by atoms with Crippen molar-refractivity contribution >= 4 is 16.7 Å². The molecule has 0 aliphatic carbocycles. The van der Waals surface area contributed by atoms with Crippen LogP contribution in [0.25, 0.3) is 10.9 Å². The Morgan fingerprint density at radius 3 is 2.70 bits per heavy atom. The molecule has 0 spiro atoms. The van der Waals surface area contributed by atoms with Crippen molar-refractivity contribution in [2.24, 2.45) is 5.84 Å². The quantitative estimate of drug-likeness (QED) is 0.563. The third-order valence-corrected chi connectivity index (χ3v) is 2.91. The zero-order valence-electron chi connectivity index (χ0n) is 11.0. The van der Waals surface area contributed by atoms with E-state index in [-0.39, 0.29) is 0 Å². The number of fused-ring (bicyclic) bond motifs is 1. The Kier molecular flexibility index (Phi) is 3.18. The average molecular weight is 266 g/mol. The maximum atomic E-state index is 5.82. The standard InChI is InChI=1S/C15H14N4O/c1-10-8-9-11-4-2-5-12(15(11)17-10)20-14-7-3-6-13(18-14)19-16/h2-9H,16H2,1H3,(H,18,19). The first kappa shape index (κ1) is 12.4. The molecule has 0 saturated carbocycles. The third-order valence-electron chi connectivity index (χ3n) is 2.91. The Balaban J connectivity index is 2.03. The van der Waals surface area contributed by atoms with E-state index in [0.717, 1.165) is 16.6 Å². The smallest absolute Gasteiger partial charge is 0.221 e. The van der Waals surface area contributed by atoms with Gasteiger partial charge in [0, 0.05) is 17.1 Å². The van der Waals surface area contributed by atoms with E-state index in [1.807, 2.05) is 43.3 Å². The number of benzene rings is 1. The van der Waals surface area contributed by atoms with Crippen molar-refractivity contribution in [2.75, 3.05) is 5.43 Å². The monoisotopic (exact) mass is 266 g/mol. The number of nitrogens with one attached hydrogen (secondary N) is 1. The molecule has 0 fully saturated rings. The van der Waals surface area contributed by atoms with Crippen LogP contribution in [0.2, 0.25) is 0 Å². The highest BCUT2D eigenvalue weighted by atomic mass is 16.5. The number of nitrogens with zero attached hydrogens (tertiary/aromatic N) is 2. The van der Waals surface area contributed by atoms with Crippen molar-refractivity contribution in [3.05, 3.63) is 54.2 Å². The Labute approximate surface area is 116 Å². The number of hydrazine groups is 1. The van der Waals surface area contributed by atoms with E-state index in [0.29, 0.717) is 17.4 Å². The summed E-state index contributed by atoms with van der Waals surface area (Å²) in [5.74, 6) is 7.03. The summed E-state index contributed by atoms with van der Waals surface area (Å²) >= 11 is 0. The summed E-state index contributed by atoms with van der Waals surface area (Å²) in [5, 5.41) is 1.03. The van der Waals surface area contributed by atoms with Gasteiger partial charge in [-0.1, -0.05) is 24.3 Å². The first-order valence-electron chi connectivity index (χ1n) is 6.24. The Morgan fingerprint density at radius 2 is 1.85 bits per heavy atom. The first-order valence-corrected chi connectivity index (χ1v) is 6.24. The zero-order chi connectivity index (χ0) is 13.9. The van der Waals surface area contributed by atoms with Gasteiger partial charge in [0.25, 0.3) is 0 Å². The van der Waals surface area contributed by atoms with Gasteiger partial charge in [-0.05, 0) is 25.1 Å². The number of rotatable bonds is 3. The van der Waals surface area contributed by atoms with Crippen LogP contribution >= 0.6 is 0 Å². The Morgan fingerprint density at radius 1 is 1.00 bits per heavy atom. The van der Waals surface area contributed by atoms with Gasteiger partial charge in [-0.15, -0.1) is 0 Å². The van der Waals surface area contributed by atoms with Crippen LogP contribution in [0, 0.1) is 6.92 Å². The van der Waals surface area contributed by atoms with Crippen LogP contribution in [0.3, 0.4) is 0 Å². The van der Waals surface area contributed by atoms with E-state index < -0.39 is 0 Å². The molecular formula is C15H14N4O. The SMILES string of the molecule is Cc1ccc2cccc(Oc3cccc(NN)n3)c2n1. The predicted molar refractivity (Wildman–Crippen MR) is 78.6 cm³/mol. The molecule has 0 bridgehead atoms. The van der Waals surface area contributed by atoms with E-state index >= 15 is 0 Å². The summed E-state index contributed by atoms with van der Waals surface area (Å²) in [6.45, 7) is 1.95. The number of nitrogens with two attached hydrogens (primary N) is 1. The van der Waals surface area contributed by atoms with Crippen molar-refractivity contribution in [1.82, 2.24) is 9.97 Å². The van der Waals surface area contributed by atoms with E-state index in [9.17, 15) is 0 Å². The summed E-state index contributed by atoms with van der Waals surface area (Å²) in [6.07, 6.45) is 0. The molecule has 1 aromatic carbocycles. The van der Waals surface area contributed by atoms with Crippen molar-refractivity contribution in [3.63, 3.8) is 0 Å². The van der Waals surface area contributed by atoms with Crippen LogP contribution < -0.4 is 16.0 Å². The Hall–Kier alpha value is -2.66. The maximum absolute atomic E-state index is 5.82. The van der Waals surface area contributed by atoms with Crippen molar-refractivity contribution in [2.45, 2.75) is 6.92 Å². The molecule has 3 aromatic rings. The van der Waals surface area contributed by atoms with E-state index in [2.05, 4.69) is 15.4 Å². The van der Waals surface area contributed by atoms with Gasteiger partial charge in [0.15, 0.2) is 5.75 Å². The van der Waals surface area contributed by atoms with Gasteiger partial charge < -0.3 is 10.2 Å². The molecule has 5 nitrogen and oxygen atoms in total. The molecule has 0 aliphatic rings. The molecule has 2 heterocycles. The highest BCUT2D eigenvalue weighted by molar-refractivity contribution is 5.84. The molecule has 0 aliphatic heterocycles. The van der Waals surface area contributed by atoms with Crippen molar-refractivity contribution < 1.29 is 4.74 Å². The third kappa shape index (κ3) is 2.39. The topological polar surface area (TPSA) is 73.1 Å².